The number of aromatic nitrogens is 2. The fraction of sp³-hybridized carbons (Fsp3) is 0.333. The van der Waals surface area contributed by atoms with Crippen molar-refractivity contribution in [3.63, 3.8) is 0 Å². The molecule has 0 spiro atoms. The minimum absolute atomic E-state index is 0.0364. The van der Waals surface area contributed by atoms with Crippen molar-refractivity contribution in [1.82, 2.24) is 15.3 Å². The predicted octanol–water partition coefficient (Wildman–Crippen LogP) is 1.85. The van der Waals surface area contributed by atoms with Gasteiger partial charge in [0.1, 0.15) is 18.5 Å². The lowest BCUT2D eigenvalue weighted by Crippen LogP contribution is -2.33. The van der Waals surface area contributed by atoms with E-state index in [9.17, 15) is 13.9 Å². The molecule has 0 saturated heterocycles. The van der Waals surface area contributed by atoms with Crippen LogP contribution in [0.4, 0.5) is 8.78 Å². The molecule has 0 radical (unpaired) electrons. The van der Waals surface area contributed by atoms with Gasteiger partial charge in [-0.3, -0.25) is 9.97 Å². The molecule has 1 heterocycles. The molecule has 0 aliphatic rings. The van der Waals surface area contributed by atoms with Crippen molar-refractivity contribution < 1.29 is 18.6 Å². The van der Waals surface area contributed by atoms with Crippen LogP contribution in [-0.4, -0.2) is 34.3 Å². The van der Waals surface area contributed by atoms with Crippen LogP contribution in [0.5, 0.6) is 5.75 Å². The summed E-state index contributed by atoms with van der Waals surface area (Å²) < 4.78 is 31.0. The lowest BCUT2D eigenvalue weighted by molar-refractivity contribution is 0.104. The molecule has 2 atom stereocenters. The molecule has 2 rings (SSSR count). The monoisotopic (exact) mass is 309 g/mol. The summed E-state index contributed by atoms with van der Waals surface area (Å²) >= 11 is 0. The zero-order valence-corrected chi connectivity index (χ0v) is 12.0. The van der Waals surface area contributed by atoms with Crippen molar-refractivity contribution in [3.05, 3.63) is 54.1 Å². The van der Waals surface area contributed by atoms with E-state index in [-0.39, 0.29) is 24.9 Å². The van der Waals surface area contributed by atoms with Gasteiger partial charge < -0.3 is 15.2 Å². The highest BCUT2D eigenvalue weighted by atomic mass is 19.2. The van der Waals surface area contributed by atoms with Crippen molar-refractivity contribution >= 4 is 0 Å². The van der Waals surface area contributed by atoms with E-state index in [0.717, 1.165) is 17.8 Å². The van der Waals surface area contributed by atoms with E-state index in [0.29, 0.717) is 0 Å². The molecule has 0 bridgehead atoms. The number of aliphatic hydroxyl groups is 1. The summed E-state index contributed by atoms with van der Waals surface area (Å²) in [5.41, 5.74) is 0.760. The van der Waals surface area contributed by atoms with Gasteiger partial charge in [-0.1, -0.05) is 0 Å². The fourth-order valence-corrected chi connectivity index (χ4v) is 1.77. The number of nitrogens with one attached hydrogen (secondary N) is 1. The predicted molar refractivity (Wildman–Crippen MR) is 76.3 cm³/mol. The highest BCUT2D eigenvalue weighted by Gasteiger charge is 2.11. The van der Waals surface area contributed by atoms with Crippen molar-refractivity contribution in [1.29, 1.82) is 0 Å². The van der Waals surface area contributed by atoms with Gasteiger partial charge in [0.15, 0.2) is 11.6 Å². The summed E-state index contributed by atoms with van der Waals surface area (Å²) in [4.78, 5) is 8.12. The second kappa shape index (κ2) is 7.77. The number of halogens is 2. The average Bonchev–Trinajstić information content (AvgIpc) is 2.54. The van der Waals surface area contributed by atoms with Gasteiger partial charge in [-0.2, -0.15) is 0 Å². The Labute approximate surface area is 127 Å². The second-order valence-electron chi connectivity index (χ2n) is 4.80. The van der Waals surface area contributed by atoms with Gasteiger partial charge in [0.2, 0.25) is 0 Å². The molecule has 1 aromatic carbocycles. The van der Waals surface area contributed by atoms with Gasteiger partial charge in [0.25, 0.3) is 0 Å². The maximum atomic E-state index is 13.0. The summed E-state index contributed by atoms with van der Waals surface area (Å²) in [6, 6.07) is 3.15. The minimum atomic E-state index is -0.985. The largest absolute Gasteiger partial charge is 0.491 e. The summed E-state index contributed by atoms with van der Waals surface area (Å²) in [6.45, 7) is 2.12. The molecular weight excluding hydrogens is 292 g/mol. The van der Waals surface area contributed by atoms with Crippen LogP contribution in [0.15, 0.2) is 36.8 Å². The zero-order valence-electron chi connectivity index (χ0n) is 12.0. The standard InChI is InChI=1S/C15H17F2N3O2/c1-10(15-8-18-4-5-19-15)20-7-11(21)9-22-12-2-3-13(16)14(17)6-12/h2-6,8,10-11,20-21H,7,9H2,1H3. The molecule has 0 aliphatic heterocycles. The van der Waals surface area contributed by atoms with Crippen molar-refractivity contribution in [3.8, 4) is 5.75 Å². The van der Waals surface area contributed by atoms with E-state index in [1.54, 1.807) is 18.6 Å². The molecule has 0 aliphatic carbocycles. The Morgan fingerprint density at radius 2 is 2.09 bits per heavy atom. The molecule has 0 saturated carbocycles. The van der Waals surface area contributed by atoms with Crippen LogP contribution in [0, 0.1) is 11.6 Å². The highest BCUT2D eigenvalue weighted by Crippen LogP contribution is 2.15. The Hall–Kier alpha value is -2.12. The van der Waals surface area contributed by atoms with Gasteiger partial charge in [-0.05, 0) is 19.1 Å². The first-order valence-corrected chi connectivity index (χ1v) is 6.81. The smallest absolute Gasteiger partial charge is 0.162 e. The number of hydrogen-bond acceptors (Lipinski definition) is 5. The molecule has 2 unspecified atom stereocenters. The number of nitrogens with zero attached hydrogens (tertiary/aromatic N) is 2. The average molecular weight is 309 g/mol. The summed E-state index contributed by atoms with van der Waals surface area (Å²) in [7, 11) is 0. The quantitative estimate of drug-likeness (QED) is 0.817. The van der Waals surface area contributed by atoms with Crippen LogP contribution in [0.2, 0.25) is 0 Å². The first kappa shape index (κ1) is 16.3. The number of hydrogen-bond donors (Lipinski definition) is 2. The van der Waals surface area contributed by atoms with E-state index in [1.807, 2.05) is 6.92 Å². The Balaban J connectivity index is 1.76. The van der Waals surface area contributed by atoms with E-state index in [1.165, 1.54) is 6.07 Å². The zero-order chi connectivity index (χ0) is 15.9. The normalized spacial score (nSPS) is 13.6. The van der Waals surface area contributed by atoms with Crippen LogP contribution in [0.25, 0.3) is 0 Å². The van der Waals surface area contributed by atoms with E-state index in [4.69, 9.17) is 4.74 Å². The van der Waals surface area contributed by atoms with E-state index < -0.39 is 17.7 Å². The third-order valence-corrected chi connectivity index (χ3v) is 3.02. The van der Waals surface area contributed by atoms with Crippen molar-refractivity contribution in [2.24, 2.45) is 0 Å². The Morgan fingerprint density at radius 1 is 1.27 bits per heavy atom. The molecule has 2 aromatic rings. The number of ether oxygens (including phenoxy) is 1. The van der Waals surface area contributed by atoms with Gasteiger partial charge in [-0.15, -0.1) is 0 Å². The Kier molecular flexibility index (Phi) is 5.74. The Morgan fingerprint density at radius 3 is 2.77 bits per heavy atom. The highest BCUT2D eigenvalue weighted by molar-refractivity contribution is 5.23. The third-order valence-electron chi connectivity index (χ3n) is 3.02. The molecule has 1 aromatic heterocycles. The van der Waals surface area contributed by atoms with Gasteiger partial charge in [0.05, 0.1) is 5.69 Å². The number of benzene rings is 1. The minimum Gasteiger partial charge on any atom is -0.491 e. The second-order valence-corrected chi connectivity index (χ2v) is 4.80. The number of aliphatic hydroxyl groups excluding tert-OH is 1. The van der Waals surface area contributed by atoms with E-state index in [2.05, 4.69) is 15.3 Å². The summed E-state index contributed by atoms with van der Waals surface area (Å²) in [6.07, 6.45) is 4.02. The first-order chi connectivity index (χ1) is 10.6. The lowest BCUT2D eigenvalue weighted by atomic mass is 10.2. The summed E-state index contributed by atoms with van der Waals surface area (Å²) in [5, 5.41) is 12.9. The molecular formula is C15H17F2N3O2. The molecule has 0 fully saturated rings. The van der Waals surface area contributed by atoms with Crippen LogP contribution in [-0.2, 0) is 0 Å². The van der Waals surface area contributed by atoms with Crippen LogP contribution in [0.3, 0.4) is 0 Å². The molecule has 22 heavy (non-hydrogen) atoms. The van der Waals surface area contributed by atoms with Gasteiger partial charge in [0, 0.05) is 37.2 Å². The molecule has 2 N–H and O–H groups in total. The molecule has 7 heteroatoms. The molecule has 5 nitrogen and oxygen atoms in total. The topological polar surface area (TPSA) is 67.3 Å². The fourth-order valence-electron chi connectivity index (χ4n) is 1.77. The Bertz CT molecular complexity index is 599. The lowest BCUT2D eigenvalue weighted by Gasteiger charge is -2.17. The maximum Gasteiger partial charge on any atom is 0.162 e. The van der Waals surface area contributed by atoms with E-state index >= 15 is 0 Å². The molecule has 118 valence electrons. The maximum absolute atomic E-state index is 13.0. The molecule has 0 amide bonds. The van der Waals surface area contributed by atoms with Gasteiger partial charge in [-0.25, -0.2) is 8.78 Å². The first-order valence-electron chi connectivity index (χ1n) is 6.81. The summed E-state index contributed by atoms with van der Waals surface area (Å²) in [5.74, 6) is -1.76. The van der Waals surface area contributed by atoms with Crippen LogP contribution >= 0.6 is 0 Å². The van der Waals surface area contributed by atoms with Crippen LogP contribution < -0.4 is 10.1 Å². The number of rotatable bonds is 7. The third kappa shape index (κ3) is 4.71. The SMILES string of the molecule is CC(NCC(O)COc1ccc(F)c(F)c1)c1cnccn1. The van der Waals surface area contributed by atoms with Crippen molar-refractivity contribution in [2.75, 3.05) is 13.2 Å². The van der Waals surface area contributed by atoms with Gasteiger partial charge >= 0.3 is 0 Å². The van der Waals surface area contributed by atoms with Crippen LogP contribution in [0.1, 0.15) is 18.7 Å². The van der Waals surface area contributed by atoms with Crippen molar-refractivity contribution in [2.45, 2.75) is 19.1 Å².